The van der Waals surface area contributed by atoms with Gasteiger partial charge in [-0.2, -0.15) is 0 Å². The van der Waals surface area contributed by atoms with E-state index in [2.05, 4.69) is 6.55 Å². The van der Waals surface area contributed by atoms with Crippen LogP contribution < -0.4 is 5.19 Å². The van der Waals surface area contributed by atoms with Gasteiger partial charge in [-0.3, -0.25) is 9.59 Å². The second-order valence-electron chi connectivity index (χ2n) is 7.52. The smallest absolute Gasteiger partial charge is 0.308 e. The summed E-state index contributed by atoms with van der Waals surface area (Å²) in [5.41, 5.74) is 1.86. The van der Waals surface area contributed by atoms with E-state index < -0.39 is 8.07 Å². The molecular formula is C21H25NO3Si. The van der Waals surface area contributed by atoms with Crippen LogP contribution in [-0.4, -0.2) is 37.2 Å². The highest BCUT2D eigenvalue weighted by atomic mass is 28.3. The van der Waals surface area contributed by atoms with Crippen molar-refractivity contribution in [3.63, 3.8) is 0 Å². The van der Waals surface area contributed by atoms with Crippen LogP contribution in [0.2, 0.25) is 6.55 Å². The lowest BCUT2D eigenvalue weighted by atomic mass is 10.1. The molecule has 0 radical (unpaired) electrons. The molecule has 136 valence electrons. The zero-order valence-corrected chi connectivity index (χ0v) is 16.6. The lowest BCUT2D eigenvalue weighted by Gasteiger charge is -2.40. The van der Waals surface area contributed by atoms with Crippen molar-refractivity contribution < 1.29 is 14.3 Å². The van der Waals surface area contributed by atoms with Crippen LogP contribution in [0.3, 0.4) is 0 Å². The minimum absolute atomic E-state index is 0.0598. The number of benzene rings is 2. The summed E-state index contributed by atoms with van der Waals surface area (Å²) in [6, 6.07) is 17.8. The fourth-order valence-corrected chi connectivity index (χ4v) is 6.71. The summed E-state index contributed by atoms with van der Waals surface area (Å²) in [6.07, 6.45) is 1.06. The van der Waals surface area contributed by atoms with Crippen molar-refractivity contribution >= 4 is 25.1 Å². The second kappa shape index (κ2) is 7.46. The molecule has 2 aromatic rings. The van der Waals surface area contributed by atoms with E-state index in [9.17, 15) is 9.59 Å². The Hall–Kier alpha value is -2.40. The highest BCUT2D eigenvalue weighted by Crippen LogP contribution is 2.21. The first-order valence-electron chi connectivity index (χ1n) is 9.00. The lowest BCUT2D eigenvalue weighted by Crippen LogP contribution is -2.64. The third-order valence-electron chi connectivity index (χ3n) is 4.86. The number of rotatable bonds is 5. The molecule has 0 aromatic heterocycles. The monoisotopic (exact) mass is 367 g/mol. The van der Waals surface area contributed by atoms with Gasteiger partial charge in [-0.15, -0.1) is 0 Å². The van der Waals surface area contributed by atoms with Gasteiger partial charge in [0.25, 0.3) is 5.91 Å². The maximum atomic E-state index is 13.0. The number of hydrogen-bond donors (Lipinski definition) is 0. The minimum atomic E-state index is -2.16. The molecule has 1 atom stereocenters. The molecule has 1 heterocycles. The SMILES string of the molecule is CC(C)C(=O)OC[Si]1(C)CN(Cc2ccccc2)C(=O)c2ccccc21. The van der Waals surface area contributed by atoms with Gasteiger partial charge in [0.15, 0.2) is 0 Å². The summed E-state index contributed by atoms with van der Waals surface area (Å²) < 4.78 is 5.62. The first-order valence-corrected chi connectivity index (χ1v) is 11.9. The Labute approximate surface area is 155 Å². The van der Waals surface area contributed by atoms with Crippen molar-refractivity contribution in [2.24, 2.45) is 5.92 Å². The summed E-state index contributed by atoms with van der Waals surface area (Å²) in [6.45, 7) is 6.46. The number of amides is 1. The van der Waals surface area contributed by atoms with Crippen LogP contribution in [-0.2, 0) is 16.1 Å². The predicted octanol–water partition coefficient (Wildman–Crippen LogP) is 2.91. The zero-order chi connectivity index (χ0) is 18.7. The Morgan fingerprint density at radius 3 is 2.46 bits per heavy atom. The van der Waals surface area contributed by atoms with E-state index in [1.807, 2.05) is 73.3 Å². The summed E-state index contributed by atoms with van der Waals surface area (Å²) in [5, 5.41) is 1.09. The maximum Gasteiger partial charge on any atom is 0.308 e. The lowest BCUT2D eigenvalue weighted by molar-refractivity contribution is -0.145. The number of nitrogens with zero attached hydrogens (tertiary/aromatic N) is 1. The number of fused-ring (bicyclic) bond motifs is 1. The number of hydrogen-bond acceptors (Lipinski definition) is 3. The van der Waals surface area contributed by atoms with Crippen molar-refractivity contribution in [3.8, 4) is 0 Å². The van der Waals surface area contributed by atoms with Gasteiger partial charge in [0.2, 0.25) is 0 Å². The third kappa shape index (κ3) is 3.72. The topological polar surface area (TPSA) is 46.6 Å². The number of carbonyl (C=O) groups excluding carboxylic acids is 2. The van der Waals surface area contributed by atoms with Crippen LogP contribution in [0.4, 0.5) is 0 Å². The van der Waals surface area contributed by atoms with Crippen molar-refractivity contribution in [2.45, 2.75) is 26.9 Å². The van der Waals surface area contributed by atoms with E-state index in [0.29, 0.717) is 18.9 Å². The number of esters is 1. The molecule has 0 N–H and O–H groups in total. The van der Waals surface area contributed by atoms with Crippen molar-refractivity contribution in [1.29, 1.82) is 0 Å². The molecule has 1 amide bonds. The summed E-state index contributed by atoms with van der Waals surface area (Å²) in [5.74, 6) is -0.263. The number of carbonyl (C=O) groups is 2. The fraction of sp³-hybridized carbons (Fsp3) is 0.333. The summed E-state index contributed by atoms with van der Waals surface area (Å²) >= 11 is 0. The maximum absolute atomic E-state index is 13.0. The van der Waals surface area contributed by atoms with Gasteiger partial charge >= 0.3 is 5.97 Å². The van der Waals surface area contributed by atoms with Gasteiger partial charge in [0.05, 0.1) is 12.1 Å². The van der Waals surface area contributed by atoms with E-state index in [-0.39, 0.29) is 17.8 Å². The van der Waals surface area contributed by atoms with E-state index in [1.165, 1.54) is 0 Å². The van der Waals surface area contributed by atoms with E-state index in [0.717, 1.165) is 16.3 Å². The Balaban J connectivity index is 1.89. The average molecular weight is 368 g/mol. The van der Waals surface area contributed by atoms with Crippen LogP contribution in [0.15, 0.2) is 54.6 Å². The van der Waals surface area contributed by atoms with Gasteiger partial charge < -0.3 is 9.64 Å². The summed E-state index contributed by atoms with van der Waals surface area (Å²) in [7, 11) is -2.16. The van der Waals surface area contributed by atoms with Gasteiger partial charge in [-0.25, -0.2) is 0 Å². The van der Waals surface area contributed by atoms with Crippen molar-refractivity contribution in [2.75, 3.05) is 12.4 Å². The Bertz CT molecular complexity index is 806. The normalized spacial score (nSPS) is 19.4. The first-order chi connectivity index (χ1) is 12.4. The molecule has 0 saturated carbocycles. The van der Waals surface area contributed by atoms with Crippen molar-refractivity contribution in [3.05, 3.63) is 65.7 Å². The molecular weight excluding hydrogens is 342 g/mol. The standard InChI is InChI=1S/C21H25NO3Si/c1-16(2)21(24)25-15-26(3)14-22(13-17-9-5-4-6-10-17)20(23)18-11-7-8-12-19(18)26/h4-12,16H,13-15H2,1-3H3. The molecule has 0 saturated heterocycles. The van der Waals surface area contributed by atoms with Gasteiger partial charge in [-0.05, 0) is 16.8 Å². The molecule has 3 rings (SSSR count). The predicted molar refractivity (Wildman–Crippen MR) is 105 cm³/mol. The molecule has 1 aliphatic rings. The second-order valence-corrected chi connectivity index (χ2v) is 11.8. The van der Waals surface area contributed by atoms with Gasteiger partial charge in [0.1, 0.15) is 8.07 Å². The molecule has 2 aromatic carbocycles. The zero-order valence-electron chi connectivity index (χ0n) is 15.6. The molecule has 4 nitrogen and oxygen atoms in total. The van der Waals surface area contributed by atoms with Crippen LogP contribution in [0.1, 0.15) is 29.8 Å². The van der Waals surface area contributed by atoms with Gasteiger partial charge in [-0.1, -0.05) is 68.9 Å². The Kier molecular flexibility index (Phi) is 5.27. The number of ether oxygens (including phenoxy) is 1. The molecule has 1 unspecified atom stereocenters. The largest absolute Gasteiger partial charge is 0.469 e. The molecule has 0 spiro atoms. The summed E-state index contributed by atoms with van der Waals surface area (Å²) in [4.78, 5) is 26.9. The molecule has 5 heteroatoms. The van der Waals surface area contributed by atoms with Crippen LogP contribution in [0.25, 0.3) is 0 Å². The average Bonchev–Trinajstić information content (AvgIpc) is 2.65. The van der Waals surface area contributed by atoms with Crippen LogP contribution >= 0.6 is 0 Å². The van der Waals surface area contributed by atoms with Crippen LogP contribution in [0, 0.1) is 5.92 Å². The fourth-order valence-electron chi connectivity index (χ4n) is 3.40. The highest BCUT2D eigenvalue weighted by Gasteiger charge is 2.42. The highest BCUT2D eigenvalue weighted by molar-refractivity contribution is 6.92. The molecule has 1 aliphatic heterocycles. The minimum Gasteiger partial charge on any atom is -0.469 e. The van der Waals surface area contributed by atoms with Gasteiger partial charge in [0, 0.05) is 18.3 Å². The molecule has 26 heavy (non-hydrogen) atoms. The third-order valence-corrected chi connectivity index (χ3v) is 8.45. The molecule has 0 fully saturated rings. The van der Waals surface area contributed by atoms with E-state index >= 15 is 0 Å². The van der Waals surface area contributed by atoms with E-state index in [4.69, 9.17) is 4.74 Å². The quantitative estimate of drug-likeness (QED) is 0.603. The first kappa shape index (κ1) is 18.4. The van der Waals surface area contributed by atoms with E-state index in [1.54, 1.807) is 0 Å². The van der Waals surface area contributed by atoms with Crippen LogP contribution in [0.5, 0.6) is 0 Å². The Morgan fingerprint density at radius 2 is 1.77 bits per heavy atom. The molecule has 0 aliphatic carbocycles. The van der Waals surface area contributed by atoms with Crippen molar-refractivity contribution in [1.82, 2.24) is 4.90 Å². The molecule has 0 bridgehead atoms. The Morgan fingerprint density at radius 1 is 1.12 bits per heavy atom.